The van der Waals surface area contributed by atoms with Crippen LogP contribution in [-0.2, 0) is 10.0 Å². The molecule has 2 N–H and O–H groups in total. The van der Waals surface area contributed by atoms with E-state index in [9.17, 15) is 8.42 Å². The highest BCUT2D eigenvalue weighted by Crippen LogP contribution is 2.24. The average molecular weight is 417 g/mol. The number of aliphatic imine (C=N–C) groups is 1. The summed E-state index contributed by atoms with van der Waals surface area (Å²) in [5.74, 6) is 1.49. The van der Waals surface area contributed by atoms with E-state index in [1.54, 1.807) is 24.3 Å². The van der Waals surface area contributed by atoms with Crippen molar-refractivity contribution in [1.82, 2.24) is 14.9 Å². The first-order valence-corrected chi connectivity index (χ1v) is 11.2. The highest BCUT2D eigenvalue weighted by atomic mass is 35.5. The van der Waals surface area contributed by atoms with Crippen molar-refractivity contribution in [2.45, 2.75) is 38.8 Å². The summed E-state index contributed by atoms with van der Waals surface area (Å²) in [6, 6.07) is 7.57. The molecule has 0 spiro atoms. The van der Waals surface area contributed by atoms with Crippen LogP contribution in [0.1, 0.15) is 26.7 Å². The molecule has 0 aromatic heterocycles. The number of rotatable bonds is 7. The molecule has 9 heteroatoms. The van der Waals surface area contributed by atoms with Crippen molar-refractivity contribution in [3.8, 4) is 5.75 Å². The molecule has 1 heterocycles. The second-order valence-corrected chi connectivity index (χ2v) is 9.20. The van der Waals surface area contributed by atoms with Gasteiger partial charge in [-0.15, -0.1) is 0 Å². The van der Waals surface area contributed by atoms with Gasteiger partial charge < -0.3 is 15.4 Å². The van der Waals surface area contributed by atoms with E-state index in [-0.39, 0.29) is 17.9 Å². The third kappa shape index (κ3) is 6.55. The zero-order valence-electron chi connectivity index (χ0n) is 16.1. The molecule has 1 saturated heterocycles. The van der Waals surface area contributed by atoms with Gasteiger partial charge in [0.1, 0.15) is 11.9 Å². The van der Waals surface area contributed by atoms with Gasteiger partial charge in [0.15, 0.2) is 5.96 Å². The molecule has 1 unspecified atom stereocenters. The summed E-state index contributed by atoms with van der Waals surface area (Å²) >= 11 is 6.11. The van der Waals surface area contributed by atoms with Crippen LogP contribution in [0.5, 0.6) is 5.75 Å². The van der Waals surface area contributed by atoms with Crippen LogP contribution in [-0.4, -0.2) is 63.3 Å². The fourth-order valence-electron chi connectivity index (χ4n) is 2.89. The zero-order valence-corrected chi connectivity index (χ0v) is 17.7. The number of benzene rings is 1. The average Bonchev–Trinajstić information content (AvgIpc) is 2.67. The second kappa shape index (κ2) is 10.1. The summed E-state index contributed by atoms with van der Waals surface area (Å²) in [6.07, 6.45) is 1.41. The molecule has 1 atom stereocenters. The number of hydrogen-bond donors (Lipinski definition) is 2. The number of nitrogens with one attached hydrogen (secondary N) is 2. The molecular weight excluding hydrogens is 388 g/mol. The molecule has 1 aromatic carbocycles. The van der Waals surface area contributed by atoms with E-state index in [0.717, 1.165) is 12.8 Å². The number of sulfonamides is 1. The number of halogens is 1. The van der Waals surface area contributed by atoms with Crippen LogP contribution in [0, 0.1) is 0 Å². The van der Waals surface area contributed by atoms with Gasteiger partial charge in [-0.2, -0.15) is 0 Å². The van der Waals surface area contributed by atoms with Crippen LogP contribution in [0.2, 0.25) is 5.02 Å². The van der Waals surface area contributed by atoms with Gasteiger partial charge >= 0.3 is 0 Å². The van der Waals surface area contributed by atoms with E-state index in [0.29, 0.717) is 36.4 Å². The van der Waals surface area contributed by atoms with E-state index in [1.807, 2.05) is 25.1 Å². The number of guanidine groups is 1. The summed E-state index contributed by atoms with van der Waals surface area (Å²) in [4.78, 5) is 4.24. The summed E-state index contributed by atoms with van der Waals surface area (Å²) in [5, 5.41) is 7.19. The van der Waals surface area contributed by atoms with Crippen LogP contribution in [0.15, 0.2) is 29.3 Å². The lowest BCUT2D eigenvalue weighted by Crippen LogP contribution is -2.51. The van der Waals surface area contributed by atoms with Crippen molar-refractivity contribution in [2.75, 3.05) is 32.4 Å². The van der Waals surface area contributed by atoms with Gasteiger partial charge in [-0.3, -0.25) is 4.99 Å². The van der Waals surface area contributed by atoms with E-state index >= 15 is 0 Å². The fraction of sp³-hybridized carbons (Fsp3) is 0.611. The summed E-state index contributed by atoms with van der Waals surface area (Å²) in [7, 11) is -1.39. The van der Waals surface area contributed by atoms with Crippen LogP contribution < -0.4 is 15.4 Å². The van der Waals surface area contributed by atoms with Crippen molar-refractivity contribution >= 4 is 27.6 Å². The number of piperidine rings is 1. The van der Waals surface area contributed by atoms with Crippen molar-refractivity contribution < 1.29 is 13.2 Å². The quantitative estimate of drug-likeness (QED) is 0.525. The molecule has 2 rings (SSSR count). The Morgan fingerprint density at radius 1 is 1.37 bits per heavy atom. The van der Waals surface area contributed by atoms with Crippen LogP contribution in [0.4, 0.5) is 0 Å². The van der Waals surface area contributed by atoms with Crippen LogP contribution in [0.3, 0.4) is 0 Å². The molecule has 27 heavy (non-hydrogen) atoms. The molecule has 0 aliphatic carbocycles. The molecule has 1 aliphatic heterocycles. The predicted octanol–water partition coefficient (Wildman–Crippen LogP) is 2.09. The Labute approximate surface area is 167 Å². The number of para-hydroxylation sites is 1. The summed E-state index contributed by atoms with van der Waals surface area (Å²) in [6.45, 7) is 5.27. The Morgan fingerprint density at radius 3 is 2.63 bits per heavy atom. The van der Waals surface area contributed by atoms with Gasteiger partial charge in [0.05, 0.1) is 17.3 Å². The molecule has 152 valence electrons. The Kier molecular flexibility index (Phi) is 8.19. The first-order chi connectivity index (χ1) is 12.9. The first kappa shape index (κ1) is 21.8. The molecule has 0 radical (unpaired) electrons. The zero-order chi connectivity index (χ0) is 19.9. The molecule has 7 nitrogen and oxygen atoms in total. The van der Waals surface area contributed by atoms with Gasteiger partial charge in [0.2, 0.25) is 10.0 Å². The standard InChI is InChI=1S/C18H29ClN4O3S/c1-4-27(24,25)23-11-9-15(10-12-23)22-18(20-3)21-13-14(2)26-17-8-6-5-7-16(17)19/h5-8,14-15H,4,9-13H2,1-3H3,(H2,20,21,22). The minimum Gasteiger partial charge on any atom is -0.487 e. The number of hydrogen-bond acceptors (Lipinski definition) is 4. The maximum Gasteiger partial charge on any atom is 0.213 e. The van der Waals surface area contributed by atoms with Crippen LogP contribution in [0.25, 0.3) is 0 Å². The minimum atomic E-state index is -3.10. The summed E-state index contributed by atoms with van der Waals surface area (Å²) < 4.78 is 31.3. The monoisotopic (exact) mass is 416 g/mol. The molecule has 0 amide bonds. The van der Waals surface area contributed by atoms with E-state index in [4.69, 9.17) is 16.3 Å². The third-order valence-electron chi connectivity index (χ3n) is 4.50. The van der Waals surface area contributed by atoms with Crippen molar-refractivity contribution in [3.63, 3.8) is 0 Å². The Balaban J connectivity index is 1.77. The molecule has 1 aromatic rings. The van der Waals surface area contributed by atoms with Crippen molar-refractivity contribution in [2.24, 2.45) is 4.99 Å². The largest absolute Gasteiger partial charge is 0.487 e. The molecule has 1 fully saturated rings. The lowest BCUT2D eigenvalue weighted by molar-refractivity contribution is 0.223. The maximum atomic E-state index is 11.9. The van der Waals surface area contributed by atoms with Crippen molar-refractivity contribution in [3.05, 3.63) is 29.3 Å². The molecule has 0 bridgehead atoms. The van der Waals surface area contributed by atoms with E-state index < -0.39 is 10.0 Å². The molecule has 1 aliphatic rings. The normalized spacial score (nSPS) is 18.1. The Bertz CT molecular complexity index is 734. The highest BCUT2D eigenvalue weighted by molar-refractivity contribution is 7.89. The first-order valence-electron chi connectivity index (χ1n) is 9.22. The Hall–Kier alpha value is -1.51. The Morgan fingerprint density at radius 2 is 2.04 bits per heavy atom. The number of ether oxygens (including phenoxy) is 1. The third-order valence-corrected chi connectivity index (χ3v) is 6.69. The van der Waals surface area contributed by atoms with Gasteiger partial charge in [-0.25, -0.2) is 12.7 Å². The van der Waals surface area contributed by atoms with Crippen LogP contribution >= 0.6 is 11.6 Å². The highest BCUT2D eigenvalue weighted by Gasteiger charge is 2.27. The van der Waals surface area contributed by atoms with Gasteiger partial charge in [-0.05, 0) is 38.8 Å². The lowest BCUT2D eigenvalue weighted by Gasteiger charge is -2.32. The minimum absolute atomic E-state index is 0.0972. The topological polar surface area (TPSA) is 83.0 Å². The fourth-order valence-corrected chi connectivity index (χ4v) is 4.20. The van der Waals surface area contributed by atoms with Crippen molar-refractivity contribution in [1.29, 1.82) is 0 Å². The van der Waals surface area contributed by atoms with E-state index in [1.165, 1.54) is 0 Å². The van der Waals surface area contributed by atoms with Gasteiger partial charge in [0.25, 0.3) is 0 Å². The SMILES string of the molecule is CCS(=O)(=O)N1CCC(NC(=NC)NCC(C)Oc2ccccc2Cl)CC1. The molecule has 0 saturated carbocycles. The maximum absolute atomic E-state index is 11.9. The smallest absolute Gasteiger partial charge is 0.213 e. The summed E-state index contributed by atoms with van der Waals surface area (Å²) in [5.41, 5.74) is 0. The lowest BCUT2D eigenvalue weighted by atomic mass is 10.1. The predicted molar refractivity (Wildman–Crippen MR) is 110 cm³/mol. The van der Waals surface area contributed by atoms with Gasteiger partial charge in [0, 0.05) is 26.2 Å². The number of nitrogens with zero attached hydrogens (tertiary/aromatic N) is 2. The second-order valence-electron chi connectivity index (χ2n) is 6.53. The molecular formula is C18H29ClN4O3S. The van der Waals surface area contributed by atoms with E-state index in [2.05, 4.69) is 15.6 Å². The van der Waals surface area contributed by atoms with Gasteiger partial charge in [-0.1, -0.05) is 23.7 Å².